The van der Waals surface area contributed by atoms with Gasteiger partial charge in [0.05, 0.1) is 21.2 Å². The summed E-state index contributed by atoms with van der Waals surface area (Å²) in [6, 6.07) is 15.4. The summed E-state index contributed by atoms with van der Waals surface area (Å²) in [5.41, 5.74) is 4.58. The normalized spacial score (nSPS) is 10.9. The Hall–Kier alpha value is -3.98. The monoisotopic (exact) mass is 478 g/mol. The van der Waals surface area contributed by atoms with E-state index in [1.54, 1.807) is 10.9 Å². The van der Waals surface area contributed by atoms with Crippen LogP contribution in [0.25, 0.3) is 16.7 Å². The number of nitrogens with zero attached hydrogens (tertiary/aromatic N) is 5. The number of nitrogens with one attached hydrogen (secondary N) is 1. The number of benzene rings is 3. The van der Waals surface area contributed by atoms with Crippen LogP contribution in [-0.4, -0.2) is 38.9 Å². The lowest BCUT2D eigenvalue weighted by molar-refractivity contribution is -0.384. The van der Waals surface area contributed by atoms with Crippen LogP contribution in [0.5, 0.6) is 0 Å². The number of rotatable bonds is 7. The molecule has 0 saturated carbocycles. The number of aryl methyl sites for hydroxylation is 1. The second-order valence-electron chi connectivity index (χ2n) is 7.71. The number of nitro groups is 1. The molecule has 4 rings (SSSR count). The summed E-state index contributed by atoms with van der Waals surface area (Å²) in [6.45, 7) is 7.95. The van der Waals surface area contributed by atoms with Gasteiger partial charge in [0.2, 0.25) is 0 Å². The van der Waals surface area contributed by atoms with Gasteiger partial charge in [-0.05, 0) is 68.8 Å². The Balaban J connectivity index is 1.59. The summed E-state index contributed by atoms with van der Waals surface area (Å²) in [7, 11) is 0. The number of hydrogen-bond donors (Lipinski definition) is 1. The minimum atomic E-state index is -0.563. The van der Waals surface area contributed by atoms with Crippen LogP contribution < -0.4 is 10.2 Å². The summed E-state index contributed by atoms with van der Waals surface area (Å²) in [6.07, 6.45) is 0. The molecule has 0 aliphatic heterocycles. The number of hydrogen-bond acceptors (Lipinski definition) is 6. The maximum absolute atomic E-state index is 12.8. The molecule has 1 N–H and O–H groups in total. The number of nitro benzene ring substituents is 1. The van der Waals surface area contributed by atoms with Crippen molar-refractivity contribution in [2.75, 3.05) is 23.3 Å². The SMILES string of the molecule is CCN(CC)c1ccc(-n2nc3cc(C)c(NC(=O)c4ccc([N+](=O)[O-])cc4Cl)cc3n2)cc1. The van der Waals surface area contributed by atoms with Gasteiger partial charge < -0.3 is 10.2 Å². The van der Waals surface area contributed by atoms with Gasteiger partial charge in [-0.2, -0.15) is 4.80 Å². The molecule has 0 fully saturated rings. The van der Waals surface area contributed by atoms with E-state index in [1.165, 1.54) is 12.1 Å². The number of carbonyl (C=O) groups excluding carboxylic acids is 1. The highest BCUT2D eigenvalue weighted by atomic mass is 35.5. The van der Waals surface area contributed by atoms with E-state index in [0.29, 0.717) is 16.7 Å². The first kappa shape index (κ1) is 23.2. The largest absolute Gasteiger partial charge is 0.372 e. The number of aromatic nitrogens is 3. The molecule has 174 valence electrons. The Kier molecular flexibility index (Phi) is 6.47. The summed E-state index contributed by atoms with van der Waals surface area (Å²) in [4.78, 5) is 26.9. The second-order valence-corrected chi connectivity index (χ2v) is 8.12. The van der Waals surface area contributed by atoms with Crippen molar-refractivity contribution in [2.45, 2.75) is 20.8 Å². The van der Waals surface area contributed by atoms with Crippen LogP contribution in [0.2, 0.25) is 5.02 Å². The fourth-order valence-corrected chi connectivity index (χ4v) is 3.96. The quantitative estimate of drug-likeness (QED) is 0.282. The van der Waals surface area contributed by atoms with Crippen LogP contribution in [0.1, 0.15) is 29.8 Å². The topological polar surface area (TPSA) is 106 Å². The van der Waals surface area contributed by atoms with E-state index in [1.807, 2.05) is 37.3 Å². The number of carbonyl (C=O) groups is 1. The molecule has 9 nitrogen and oxygen atoms in total. The number of anilines is 2. The van der Waals surface area contributed by atoms with Crippen LogP contribution in [0.4, 0.5) is 17.1 Å². The van der Waals surface area contributed by atoms with Gasteiger partial charge in [-0.15, -0.1) is 10.2 Å². The Morgan fingerprint density at radius 1 is 1.06 bits per heavy atom. The minimum absolute atomic E-state index is 0.00420. The maximum Gasteiger partial charge on any atom is 0.270 e. The third-order valence-corrected chi connectivity index (χ3v) is 5.90. The van der Waals surface area contributed by atoms with Gasteiger partial charge in [0, 0.05) is 36.6 Å². The molecular formula is C24H23ClN6O3. The Morgan fingerprint density at radius 3 is 2.29 bits per heavy atom. The number of fused-ring (bicyclic) bond motifs is 1. The maximum atomic E-state index is 12.8. The van der Waals surface area contributed by atoms with E-state index in [-0.39, 0.29) is 16.3 Å². The number of halogens is 1. The fraction of sp³-hybridized carbons (Fsp3) is 0.208. The average Bonchev–Trinajstić information content (AvgIpc) is 3.23. The van der Waals surface area contributed by atoms with Gasteiger partial charge in [-0.1, -0.05) is 11.6 Å². The predicted molar refractivity (Wildman–Crippen MR) is 133 cm³/mol. The number of amides is 1. The lowest BCUT2D eigenvalue weighted by Crippen LogP contribution is -2.21. The second kappa shape index (κ2) is 9.48. The van der Waals surface area contributed by atoms with Crippen LogP contribution in [-0.2, 0) is 0 Å². The van der Waals surface area contributed by atoms with Gasteiger partial charge in [-0.25, -0.2) is 0 Å². The molecule has 10 heteroatoms. The zero-order valence-electron chi connectivity index (χ0n) is 18.9. The zero-order valence-corrected chi connectivity index (χ0v) is 19.7. The van der Waals surface area contributed by atoms with Crippen molar-refractivity contribution in [3.8, 4) is 5.69 Å². The number of non-ortho nitro benzene ring substituents is 1. The molecule has 4 aromatic rings. The van der Waals surface area contributed by atoms with Crippen LogP contribution >= 0.6 is 11.6 Å². The molecule has 0 radical (unpaired) electrons. The van der Waals surface area contributed by atoms with Crippen molar-refractivity contribution in [3.63, 3.8) is 0 Å². The standard InChI is InChI=1S/C24H23ClN6O3/c1-4-29(5-2)16-6-8-17(9-7-16)30-27-22-12-15(3)21(14-23(22)28-30)26-24(32)19-11-10-18(31(33)34)13-20(19)25/h6-14H,4-5H2,1-3H3,(H,26,32). The smallest absolute Gasteiger partial charge is 0.270 e. The highest BCUT2D eigenvalue weighted by Gasteiger charge is 2.17. The van der Waals surface area contributed by atoms with Crippen LogP contribution in [0.15, 0.2) is 54.6 Å². The molecular weight excluding hydrogens is 456 g/mol. The highest BCUT2D eigenvalue weighted by molar-refractivity contribution is 6.34. The van der Waals surface area contributed by atoms with Crippen molar-refractivity contribution in [3.05, 3.63) is 80.9 Å². The van der Waals surface area contributed by atoms with Crippen molar-refractivity contribution in [1.29, 1.82) is 0 Å². The van der Waals surface area contributed by atoms with Crippen LogP contribution in [0, 0.1) is 17.0 Å². The molecule has 1 amide bonds. The third kappa shape index (κ3) is 4.55. The van der Waals surface area contributed by atoms with E-state index >= 15 is 0 Å². The van der Waals surface area contributed by atoms with Crippen LogP contribution in [0.3, 0.4) is 0 Å². The third-order valence-electron chi connectivity index (χ3n) is 5.59. The van der Waals surface area contributed by atoms with Crippen molar-refractivity contribution in [1.82, 2.24) is 15.0 Å². The van der Waals surface area contributed by atoms with Gasteiger partial charge in [-0.3, -0.25) is 14.9 Å². The fourth-order valence-electron chi connectivity index (χ4n) is 3.69. The van der Waals surface area contributed by atoms with E-state index in [9.17, 15) is 14.9 Å². The lowest BCUT2D eigenvalue weighted by atomic mass is 10.1. The summed E-state index contributed by atoms with van der Waals surface area (Å²) in [5, 5.41) is 22.9. The van der Waals surface area contributed by atoms with Gasteiger partial charge in [0.1, 0.15) is 11.0 Å². The molecule has 1 heterocycles. The molecule has 0 atom stereocenters. The predicted octanol–water partition coefficient (Wildman–Crippen LogP) is 5.39. The summed E-state index contributed by atoms with van der Waals surface area (Å²) in [5.74, 6) is -0.471. The molecule has 0 unspecified atom stereocenters. The van der Waals surface area contributed by atoms with Gasteiger partial charge in [0.15, 0.2) is 0 Å². The summed E-state index contributed by atoms with van der Waals surface area (Å²) < 4.78 is 0. The van der Waals surface area contributed by atoms with E-state index in [0.717, 1.165) is 36.1 Å². The molecule has 0 aliphatic rings. The Bertz CT molecular complexity index is 1380. The zero-order chi connectivity index (χ0) is 24.4. The average molecular weight is 479 g/mol. The molecule has 0 spiro atoms. The molecule has 34 heavy (non-hydrogen) atoms. The summed E-state index contributed by atoms with van der Waals surface area (Å²) >= 11 is 6.10. The molecule has 3 aromatic carbocycles. The van der Waals surface area contributed by atoms with Gasteiger partial charge in [0.25, 0.3) is 11.6 Å². The molecule has 0 saturated heterocycles. The van der Waals surface area contributed by atoms with E-state index in [4.69, 9.17) is 11.6 Å². The van der Waals surface area contributed by atoms with Gasteiger partial charge >= 0.3 is 0 Å². The minimum Gasteiger partial charge on any atom is -0.372 e. The van der Waals surface area contributed by atoms with E-state index in [2.05, 4.69) is 34.3 Å². The lowest BCUT2D eigenvalue weighted by Gasteiger charge is -2.20. The first-order chi connectivity index (χ1) is 16.3. The first-order valence-corrected chi connectivity index (χ1v) is 11.2. The van der Waals surface area contributed by atoms with Crippen molar-refractivity contribution in [2.24, 2.45) is 0 Å². The van der Waals surface area contributed by atoms with E-state index < -0.39 is 10.8 Å². The van der Waals surface area contributed by atoms with Crippen molar-refractivity contribution < 1.29 is 9.72 Å². The highest BCUT2D eigenvalue weighted by Crippen LogP contribution is 2.26. The first-order valence-electron chi connectivity index (χ1n) is 10.8. The molecule has 0 aliphatic carbocycles. The Morgan fingerprint density at radius 2 is 1.71 bits per heavy atom. The molecule has 1 aromatic heterocycles. The molecule has 0 bridgehead atoms. The van der Waals surface area contributed by atoms with Crippen molar-refractivity contribution >= 4 is 45.6 Å². The Labute approximate surface area is 201 Å².